The zero-order valence-electron chi connectivity index (χ0n) is 8.16. The minimum absolute atomic E-state index is 0.143. The lowest BCUT2D eigenvalue weighted by molar-refractivity contribution is -0.137. The molecule has 2 atom stereocenters. The summed E-state index contributed by atoms with van der Waals surface area (Å²) in [6, 6.07) is 0. The van der Waals surface area contributed by atoms with E-state index in [9.17, 15) is 4.79 Å². The maximum Gasteiger partial charge on any atom is 0.330 e. The highest BCUT2D eigenvalue weighted by Crippen LogP contribution is 2.27. The Kier molecular flexibility index (Phi) is 3.96. The highest BCUT2D eigenvalue weighted by Gasteiger charge is 2.35. The molecule has 0 aliphatic carbocycles. The summed E-state index contributed by atoms with van der Waals surface area (Å²) in [6.07, 6.45) is 5.88. The molecule has 1 heterocycles. The number of carbonyl (C=O) groups excluding carboxylic acids is 1. The van der Waals surface area contributed by atoms with E-state index in [1.54, 1.807) is 13.0 Å². The summed E-state index contributed by atoms with van der Waals surface area (Å²) >= 11 is 0. The van der Waals surface area contributed by atoms with Crippen molar-refractivity contribution >= 4 is 5.97 Å². The molecule has 1 saturated heterocycles. The van der Waals surface area contributed by atoms with Crippen molar-refractivity contribution in [1.29, 1.82) is 0 Å². The number of esters is 1. The molecule has 1 aliphatic rings. The molecule has 1 rings (SSSR count). The van der Waals surface area contributed by atoms with Crippen LogP contribution in [-0.2, 0) is 14.3 Å². The lowest BCUT2D eigenvalue weighted by Crippen LogP contribution is -2.00. The summed E-state index contributed by atoms with van der Waals surface area (Å²) in [5, 5.41) is 0. The Hall–Kier alpha value is -0.830. The van der Waals surface area contributed by atoms with Crippen molar-refractivity contribution in [3.05, 3.63) is 12.2 Å². The largest absolute Gasteiger partial charge is 0.463 e. The van der Waals surface area contributed by atoms with E-state index in [4.69, 9.17) is 9.47 Å². The number of hydrogen-bond donors (Lipinski definition) is 0. The van der Waals surface area contributed by atoms with Gasteiger partial charge in [0.2, 0.25) is 0 Å². The molecular weight excluding hydrogens is 168 g/mol. The molecule has 13 heavy (non-hydrogen) atoms. The average Bonchev–Trinajstić information content (AvgIpc) is 2.82. The second kappa shape index (κ2) is 5.02. The first-order valence-corrected chi connectivity index (χ1v) is 4.78. The normalized spacial score (nSPS) is 26.3. The Balaban J connectivity index is 2.15. The third kappa shape index (κ3) is 3.59. The number of carbonyl (C=O) groups is 1. The van der Waals surface area contributed by atoms with Crippen molar-refractivity contribution in [1.82, 2.24) is 0 Å². The van der Waals surface area contributed by atoms with Crippen LogP contribution in [0.1, 0.15) is 26.7 Å². The van der Waals surface area contributed by atoms with E-state index in [0.717, 1.165) is 12.8 Å². The number of rotatable bonds is 5. The minimum atomic E-state index is -0.284. The van der Waals surface area contributed by atoms with Crippen LogP contribution in [0, 0.1) is 0 Å². The second-order valence-electron chi connectivity index (χ2n) is 3.04. The lowest BCUT2D eigenvalue weighted by atomic mass is 10.2. The van der Waals surface area contributed by atoms with E-state index in [1.165, 1.54) is 6.08 Å². The van der Waals surface area contributed by atoms with Gasteiger partial charge in [-0.2, -0.15) is 0 Å². The molecule has 2 unspecified atom stereocenters. The molecule has 0 saturated carbocycles. The van der Waals surface area contributed by atoms with Crippen LogP contribution in [0.15, 0.2) is 12.2 Å². The predicted octanol–water partition coefficient (Wildman–Crippen LogP) is 1.67. The summed E-state index contributed by atoms with van der Waals surface area (Å²) in [5.74, 6) is -0.284. The molecule has 0 bridgehead atoms. The summed E-state index contributed by atoms with van der Waals surface area (Å²) in [6.45, 7) is 4.33. The van der Waals surface area contributed by atoms with Crippen LogP contribution in [-0.4, -0.2) is 24.8 Å². The monoisotopic (exact) mass is 184 g/mol. The molecule has 74 valence electrons. The van der Waals surface area contributed by atoms with Gasteiger partial charge >= 0.3 is 5.97 Å². The minimum Gasteiger partial charge on any atom is -0.463 e. The fourth-order valence-electron chi connectivity index (χ4n) is 1.21. The van der Waals surface area contributed by atoms with Crippen molar-refractivity contribution in [2.24, 2.45) is 0 Å². The van der Waals surface area contributed by atoms with Crippen molar-refractivity contribution in [2.45, 2.75) is 38.9 Å². The number of ether oxygens (including phenoxy) is 2. The van der Waals surface area contributed by atoms with Crippen LogP contribution in [0.3, 0.4) is 0 Å². The van der Waals surface area contributed by atoms with Crippen LogP contribution in [0.4, 0.5) is 0 Å². The van der Waals surface area contributed by atoms with Gasteiger partial charge in [0, 0.05) is 6.08 Å². The first-order chi connectivity index (χ1) is 6.27. The maximum absolute atomic E-state index is 10.9. The highest BCUT2D eigenvalue weighted by atomic mass is 16.6. The van der Waals surface area contributed by atoms with E-state index >= 15 is 0 Å². The fourth-order valence-corrected chi connectivity index (χ4v) is 1.21. The predicted molar refractivity (Wildman–Crippen MR) is 49.3 cm³/mol. The SMILES string of the molecule is CCCC1OC1C=CC(=O)OCC. The van der Waals surface area contributed by atoms with Gasteiger partial charge in [-0.05, 0) is 19.4 Å². The first-order valence-electron chi connectivity index (χ1n) is 4.78. The summed E-state index contributed by atoms with van der Waals surface area (Å²) < 4.78 is 10.0. The Morgan fingerprint density at radius 1 is 1.54 bits per heavy atom. The van der Waals surface area contributed by atoms with Gasteiger partial charge in [-0.25, -0.2) is 4.79 Å². The van der Waals surface area contributed by atoms with Crippen molar-refractivity contribution in [3.8, 4) is 0 Å². The van der Waals surface area contributed by atoms with Crippen LogP contribution in [0.2, 0.25) is 0 Å². The van der Waals surface area contributed by atoms with Gasteiger partial charge in [-0.3, -0.25) is 0 Å². The third-order valence-corrected chi connectivity index (χ3v) is 1.90. The summed E-state index contributed by atoms with van der Waals surface area (Å²) in [5.41, 5.74) is 0. The van der Waals surface area contributed by atoms with Gasteiger partial charge in [0.25, 0.3) is 0 Å². The topological polar surface area (TPSA) is 38.8 Å². The average molecular weight is 184 g/mol. The highest BCUT2D eigenvalue weighted by molar-refractivity contribution is 5.82. The molecule has 0 N–H and O–H groups in total. The summed E-state index contributed by atoms with van der Waals surface area (Å²) in [4.78, 5) is 10.9. The van der Waals surface area contributed by atoms with Gasteiger partial charge in [0.1, 0.15) is 6.10 Å². The smallest absolute Gasteiger partial charge is 0.330 e. The zero-order chi connectivity index (χ0) is 9.68. The van der Waals surface area contributed by atoms with E-state index in [2.05, 4.69) is 6.92 Å². The van der Waals surface area contributed by atoms with Crippen molar-refractivity contribution in [2.75, 3.05) is 6.61 Å². The second-order valence-corrected chi connectivity index (χ2v) is 3.04. The van der Waals surface area contributed by atoms with Gasteiger partial charge in [0.05, 0.1) is 12.7 Å². The molecule has 0 amide bonds. The fraction of sp³-hybridized carbons (Fsp3) is 0.700. The van der Waals surface area contributed by atoms with Gasteiger partial charge < -0.3 is 9.47 Å². The van der Waals surface area contributed by atoms with Crippen LogP contribution < -0.4 is 0 Å². The first kappa shape index (κ1) is 10.3. The van der Waals surface area contributed by atoms with E-state index in [1.807, 2.05) is 0 Å². The molecule has 1 aliphatic heterocycles. The van der Waals surface area contributed by atoms with Crippen LogP contribution in [0.25, 0.3) is 0 Å². The molecular formula is C10H16O3. The molecule has 3 heteroatoms. The lowest BCUT2D eigenvalue weighted by Gasteiger charge is -1.92. The quantitative estimate of drug-likeness (QED) is 0.370. The van der Waals surface area contributed by atoms with E-state index in [-0.39, 0.29) is 12.1 Å². The molecule has 0 aromatic carbocycles. The Bertz CT molecular complexity index is 198. The molecule has 0 aromatic rings. The van der Waals surface area contributed by atoms with Crippen molar-refractivity contribution in [3.63, 3.8) is 0 Å². The summed E-state index contributed by atoms with van der Waals surface area (Å²) in [7, 11) is 0. The van der Waals surface area contributed by atoms with E-state index < -0.39 is 0 Å². The van der Waals surface area contributed by atoms with Crippen LogP contribution >= 0.6 is 0 Å². The van der Waals surface area contributed by atoms with Gasteiger partial charge in [0.15, 0.2) is 0 Å². The molecule has 0 spiro atoms. The molecule has 3 nitrogen and oxygen atoms in total. The Morgan fingerprint density at radius 2 is 2.31 bits per heavy atom. The molecule has 0 aromatic heterocycles. The Labute approximate surface area is 78.7 Å². The Morgan fingerprint density at radius 3 is 2.92 bits per heavy atom. The third-order valence-electron chi connectivity index (χ3n) is 1.90. The van der Waals surface area contributed by atoms with E-state index in [0.29, 0.717) is 12.7 Å². The molecule has 1 fully saturated rings. The standard InChI is InChI=1S/C10H16O3/c1-3-5-8-9(13-8)6-7-10(11)12-4-2/h6-9H,3-5H2,1-2H3. The zero-order valence-corrected chi connectivity index (χ0v) is 8.16. The van der Waals surface area contributed by atoms with Gasteiger partial charge in [-0.15, -0.1) is 0 Å². The number of hydrogen-bond acceptors (Lipinski definition) is 3. The maximum atomic E-state index is 10.9. The van der Waals surface area contributed by atoms with Crippen molar-refractivity contribution < 1.29 is 14.3 Å². The molecule has 0 radical (unpaired) electrons. The number of epoxide rings is 1. The van der Waals surface area contributed by atoms with Crippen LogP contribution in [0.5, 0.6) is 0 Å². The van der Waals surface area contributed by atoms with Gasteiger partial charge in [-0.1, -0.05) is 13.3 Å².